The highest BCUT2D eigenvalue weighted by atomic mass is 35.5. The largest absolute Gasteiger partial charge is 0.359 e. The maximum Gasteiger partial charge on any atom is 0.162 e. The van der Waals surface area contributed by atoms with Gasteiger partial charge in [0.15, 0.2) is 5.15 Å². The number of nitriles is 1. The molecule has 0 N–H and O–H groups in total. The van der Waals surface area contributed by atoms with Crippen molar-refractivity contribution >= 4 is 28.1 Å². The second-order valence-corrected chi connectivity index (χ2v) is 6.01. The highest BCUT2D eigenvalue weighted by Gasteiger charge is 2.30. The Morgan fingerprint density at radius 3 is 3.00 bits per heavy atom. The Bertz CT molecular complexity index is 481. The van der Waals surface area contributed by atoms with E-state index in [1.54, 1.807) is 0 Å². The fourth-order valence-corrected chi connectivity index (χ4v) is 4.03. The number of hydrogen-bond donors (Lipinski definition) is 0. The number of fused-ring (bicyclic) bond motifs is 1. The number of halogens is 1. The molecule has 0 amide bonds. The molecule has 0 bridgehead atoms. The van der Waals surface area contributed by atoms with Crippen LogP contribution in [0.1, 0.15) is 24.8 Å². The number of anilines is 1. The molecule has 4 nitrogen and oxygen atoms in total. The van der Waals surface area contributed by atoms with Gasteiger partial charge in [-0.3, -0.25) is 4.90 Å². The SMILES string of the molecule is N#Cc1c(Cl)nsc1N1CCCN2CCC[C@@H]2C1. The van der Waals surface area contributed by atoms with Crippen LogP contribution in [-0.4, -0.2) is 41.5 Å². The number of aromatic nitrogens is 1. The first-order chi connectivity index (χ1) is 8.79. The quantitative estimate of drug-likeness (QED) is 0.793. The van der Waals surface area contributed by atoms with E-state index < -0.39 is 0 Å². The Kier molecular flexibility index (Phi) is 3.42. The lowest BCUT2D eigenvalue weighted by Gasteiger charge is -2.25. The van der Waals surface area contributed by atoms with E-state index in [1.165, 1.54) is 37.5 Å². The minimum atomic E-state index is 0.352. The second-order valence-electron chi connectivity index (χ2n) is 4.90. The summed E-state index contributed by atoms with van der Waals surface area (Å²) in [7, 11) is 0. The fourth-order valence-electron chi connectivity index (χ4n) is 2.96. The zero-order chi connectivity index (χ0) is 12.5. The van der Waals surface area contributed by atoms with E-state index in [0.717, 1.165) is 24.5 Å². The normalized spacial score (nSPS) is 24.7. The summed E-state index contributed by atoms with van der Waals surface area (Å²) in [6, 6.07) is 2.82. The molecule has 18 heavy (non-hydrogen) atoms. The van der Waals surface area contributed by atoms with E-state index >= 15 is 0 Å². The van der Waals surface area contributed by atoms with Crippen LogP contribution in [0.15, 0.2) is 0 Å². The lowest BCUT2D eigenvalue weighted by molar-refractivity contribution is 0.273. The van der Waals surface area contributed by atoms with Crippen molar-refractivity contribution in [2.24, 2.45) is 0 Å². The Hall–Kier alpha value is -0.830. The summed E-state index contributed by atoms with van der Waals surface area (Å²) < 4.78 is 4.11. The maximum absolute atomic E-state index is 9.17. The van der Waals surface area contributed by atoms with Gasteiger partial charge in [-0.2, -0.15) is 9.64 Å². The molecular formula is C12H15ClN4S. The molecule has 3 rings (SSSR count). The molecule has 2 aliphatic heterocycles. The van der Waals surface area contributed by atoms with E-state index in [9.17, 15) is 5.26 Å². The van der Waals surface area contributed by atoms with Gasteiger partial charge in [-0.25, -0.2) is 0 Å². The van der Waals surface area contributed by atoms with Gasteiger partial charge in [-0.1, -0.05) is 11.6 Å². The smallest absolute Gasteiger partial charge is 0.162 e. The van der Waals surface area contributed by atoms with E-state index in [2.05, 4.69) is 20.2 Å². The van der Waals surface area contributed by atoms with Gasteiger partial charge in [0.25, 0.3) is 0 Å². The first-order valence-electron chi connectivity index (χ1n) is 6.34. The third-order valence-electron chi connectivity index (χ3n) is 3.84. The number of rotatable bonds is 1. The molecule has 2 saturated heterocycles. The number of hydrogen-bond acceptors (Lipinski definition) is 5. The molecule has 6 heteroatoms. The summed E-state index contributed by atoms with van der Waals surface area (Å²) >= 11 is 7.31. The zero-order valence-electron chi connectivity index (χ0n) is 10.1. The van der Waals surface area contributed by atoms with Crippen LogP contribution in [0.25, 0.3) is 0 Å². The molecule has 0 aromatic carbocycles. The van der Waals surface area contributed by atoms with Gasteiger partial charge in [0.2, 0.25) is 0 Å². The van der Waals surface area contributed by atoms with Crippen LogP contribution >= 0.6 is 23.1 Å². The molecule has 2 aliphatic rings. The molecule has 96 valence electrons. The van der Waals surface area contributed by atoms with Gasteiger partial charge in [-0.05, 0) is 37.3 Å². The van der Waals surface area contributed by atoms with Gasteiger partial charge < -0.3 is 4.90 Å². The lowest BCUT2D eigenvalue weighted by Crippen LogP contribution is -2.36. The van der Waals surface area contributed by atoms with Crippen LogP contribution < -0.4 is 4.90 Å². The molecule has 1 aromatic heterocycles. The number of nitrogens with zero attached hydrogens (tertiary/aromatic N) is 4. The molecular weight excluding hydrogens is 268 g/mol. The Labute approximate surface area is 116 Å². The molecule has 0 spiro atoms. The van der Waals surface area contributed by atoms with Crippen LogP contribution in [0.4, 0.5) is 5.00 Å². The predicted molar refractivity (Wildman–Crippen MR) is 73.3 cm³/mol. The van der Waals surface area contributed by atoms with Crippen LogP contribution in [-0.2, 0) is 0 Å². The van der Waals surface area contributed by atoms with Crippen LogP contribution in [0.3, 0.4) is 0 Å². The van der Waals surface area contributed by atoms with Crippen molar-refractivity contribution in [2.75, 3.05) is 31.1 Å². The van der Waals surface area contributed by atoms with Crippen molar-refractivity contribution in [3.8, 4) is 6.07 Å². The first kappa shape index (κ1) is 12.2. The topological polar surface area (TPSA) is 43.2 Å². The monoisotopic (exact) mass is 282 g/mol. The molecule has 0 unspecified atom stereocenters. The van der Waals surface area contributed by atoms with Gasteiger partial charge in [0, 0.05) is 25.7 Å². The van der Waals surface area contributed by atoms with Crippen molar-refractivity contribution in [1.82, 2.24) is 9.27 Å². The van der Waals surface area contributed by atoms with Crippen LogP contribution in [0.5, 0.6) is 0 Å². The highest BCUT2D eigenvalue weighted by Crippen LogP contribution is 2.33. The molecule has 0 aliphatic carbocycles. The van der Waals surface area contributed by atoms with Gasteiger partial charge in [0.1, 0.15) is 16.6 Å². The third kappa shape index (κ3) is 2.09. The van der Waals surface area contributed by atoms with Crippen molar-refractivity contribution in [3.63, 3.8) is 0 Å². The predicted octanol–water partition coefficient (Wildman–Crippen LogP) is 2.34. The molecule has 2 fully saturated rings. The average Bonchev–Trinajstić information content (AvgIpc) is 2.90. The molecule has 3 heterocycles. The average molecular weight is 283 g/mol. The lowest BCUT2D eigenvalue weighted by atomic mass is 10.2. The van der Waals surface area contributed by atoms with Crippen LogP contribution in [0, 0.1) is 11.3 Å². The Morgan fingerprint density at radius 2 is 2.17 bits per heavy atom. The Morgan fingerprint density at radius 1 is 1.33 bits per heavy atom. The standard InChI is InChI=1S/C12H15ClN4S/c13-11-10(7-14)12(18-15-11)17-6-2-5-16-4-1-3-9(16)8-17/h9H,1-6,8H2/t9-/m1/s1. The minimum Gasteiger partial charge on any atom is -0.359 e. The van der Waals surface area contributed by atoms with E-state index in [-0.39, 0.29) is 0 Å². The van der Waals surface area contributed by atoms with Gasteiger partial charge in [-0.15, -0.1) is 0 Å². The summed E-state index contributed by atoms with van der Waals surface area (Å²) in [6.45, 7) is 4.41. The van der Waals surface area contributed by atoms with Crippen LogP contribution in [0.2, 0.25) is 5.15 Å². The summed E-state index contributed by atoms with van der Waals surface area (Å²) in [6.07, 6.45) is 3.72. The van der Waals surface area contributed by atoms with E-state index in [0.29, 0.717) is 16.8 Å². The second kappa shape index (κ2) is 5.04. The Balaban J connectivity index is 1.85. The molecule has 0 radical (unpaired) electrons. The molecule has 1 aromatic rings. The zero-order valence-corrected chi connectivity index (χ0v) is 11.7. The van der Waals surface area contributed by atoms with Crippen molar-refractivity contribution in [2.45, 2.75) is 25.3 Å². The van der Waals surface area contributed by atoms with Crippen molar-refractivity contribution in [3.05, 3.63) is 10.7 Å². The highest BCUT2D eigenvalue weighted by molar-refractivity contribution is 7.10. The fraction of sp³-hybridized carbons (Fsp3) is 0.667. The molecule has 1 atom stereocenters. The summed E-state index contributed by atoms with van der Waals surface area (Å²) in [5.74, 6) is 0. The third-order valence-corrected chi connectivity index (χ3v) is 5.12. The minimum absolute atomic E-state index is 0.352. The molecule has 0 saturated carbocycles. The van der Waals surface area contributed by atoms with Gasteiger partial charge in [0.05, 0.1) is 0 Å². The summed E-state index contributed by atoms with van der Waals surface area (Å²) in [5, 5.41) is 10.5. The van der Waals surface area contributed by atoms with Gasteiger partial charge >= 0.3 is 0 Å². The summed E-state index contributed by atoms with van der Waals surface area (Å²) in [4.78, 5) is 4.88. The van der Waals surface area contributed by atoms with E-state index in [4.69, 9.17) is 11.6 Å². The van der Waals surface area contributed by atoms with Crippen molar-refractivity contribution < 1.29 is 0 Å². The summed E-state index contributed by atoms with van der Waals surface area (Å²) in [5.41, 5.74) is 0.549. The maximum atomic E-state index is 9.17. The van der Waals surface area contributed by atoms with E-state index in [1.807, 2.05) is 0 Å². The van der Waals surface area contributed by atoms with Crippen molar-refractivity contribution in [1.29, 1.82) is 5.26 Å². The first-order valence-corrected chi connectivity index (χ1v) is 7.49.